The summed E-state index contributed by atoms with van der Waals surface area (Å²) in [4.78, 5) is 22.1. The fourth-order valence-electron chi connectivity index (χ4n) is 5.41. The van der Waals surface area contributed by atoms with Gasteiger partial charge in [-0.1, -0.05) is 47.5 Å². The Kier molecular flexibility index (Phi) is 8.01. The van der Waals surface area contributed by atoms with Crippen molar-refractivity contribution in [2.75, 3.05) is 37.3 Å². The SMILES string of the molecule is CS(=O)(=O)c1ccc2c(c1)C1(CCNCC1)CN2C(=O)N(CC=Cc1ccc(Cl)cc1)Cc1ccnc(Cl)c1. The summed E-state index contributed by atoms with van der Waals surface area (Å²) in [6.45, 7) is 2.84. The zero-order valence-electron chi connectivity index (χ0n) is 21.6. The van der Waals surface area contributed by atoms with Crippen molar-refractivity contribution in [1.29, 1.82) is 0 Å². The van der Waals surface area contributed by atoms with Crippen LogP contribution in [0, 0.1) is 0 Å². The van der Waals surface area contributed by atoms with Gasteiger partial charge in [-0.25, -0.2) is 18.2 Å². The van der Waals surface area contributed by atoms with E-state index in [0.717, 1.165) is 48.3 Å². The van der Waals surface area contributed by atoms with E-state index in [-0.39, 0.29) is 16.3 Å². The lowest BCUT2D eigenvalue weighted by molar-refractivity contribution is 0.205. The second-order valence-corrected chi connectivity index (χ2v) is 13.0. The summed E-state index contributed by atoms with van der Waals surface area (Å²) < 4.78 is 24.8. The molecule has 0 aliphatic carbocycles. The number of aromatic nitrogens is 1. The fourth-order valence-corrected chi connectivity index (χ4v) is 6.38. The fraction of sp³-hybridized carbons (Fsp3) is 0.310. The maximum Gasteiger partial charge on any atom is 0.325 e. The number of hydrogen-bond acceptors (Lipinski definition) is 5. The van der Waals surface area contributed by atoms with E-state index in [1.807, 2.05) is 47.4 Å². The molecular weight excluding hydrogens is 555 g/mol. The molecule has 1 saturated heterocycles. The summed E-state index contributed by atoms with van der Waals surface area (Å²) in [5.74, 6) is 0. The highest BCUT2D eigenvalue weighted by atomic mass is 35.5. The molecule has 2 amide bonds. The number of sulfone groups is 1. The molecule has 0 atom stereocenters. The molecule has 7 nitrogen and oxygen atoms in total. The quantitative estimate of drug-likeness (QED) is 0.383. The monoisotopic (exact) mass is 584 g/mol. The van der Waals surface area contributed by atoms with Crippen LogP contribution in [-0.2, 0) is 21.8 Å². The van der Waals surface area contributed by atoms with Gasteiger partial charge in [0.1, 0.15) is 5.15 Å². The summed E-state index contributed by atoms with van der Waals surface area (Å²) in [5, 5.41) is 4.43. The number of fused-ring (bicyclic) bond motifs is 2. The molecule has 1 fully saturated rings. The molecule has 0 unspecified atom stereocenters. The topological polar surface area (TPSA) is 82.6 Å². The zero-order valence-corrected chi connectivity index (χ0v) is 23.9. The highest BCUT2D eigenvalue weighted by Gasteiger charge is 2.46. The number of pyridine rings is 1. The standard InChI is InChI=1S/C29H30Cl2N4O3S/c1-39(37,38)24-8-9-26-25(18-24)29(11-14-32-15-12-29)20-35(26)28(36)34(19-22-10-13-33-27(31)17-22)16-2-3-21-4-6-23(30)7-5-21/h2-10,13,17-18,32H,11-12,14-16,19-20H2,1H3. The molecule has 2 aliphatic rings. The molecule has 1 spiro atoms. The van der Waals surface area contributed by atoms with Gasteiger partial charge in [0.15, 0.2) is 9.84 Å². The van der Waals surface area contributed by atoms with E-state index in [9.17, 15) is 13.2 Å². The average Bonchev–Trinajstić information content (AvgIpc) is 3.21. The van der Waals surface area contributed by atoms with Crippen molar-refractivity contribution in [3.63, 3.8) is 0 Å². The largest absolute Gasteiger partial charge is 0.325 e. The summed E-state index contributed by atoms with van der Waals surface area (Å²) in [6.07, 6.45) is 8.41. The van der Waals surface area contributed by atoms with Gasteiger partial charge in [-0.05, 0) is 85.1 Å². The predicted octanol–water partition coefficient (Wildman–Crippen LogP) is 5.57. The number of nitrogens with one attached hydrogen (secondary N) is 1. The first kappa shape index (κ1) is 27.6. The van der Waals surface area contributed by atoms with Gasteiger partial charge in [0.05, 0.1) is 4.90 Å². The number of piperidine rings is 1. The lowest BCUT2D eigenvalue weighted by Crippen LogP contribution is -2.47. The Bertz CT molecular complexity index is 1500. The maximum absolute atomic E-state index is 14.2. The summed E-state index contributed by atoms with van der Waals surface area (Å²) in [6, 6.07) is 16.1. The molecule has 39 heavy (non-hydrogen) atoms. The van der Waals surface area contributed by atoms with Gasteiger partial charge < -0.3 is 10.2 Å². The first-order valence-corrected chi connectivity index (χ1v) is 15.4. The maximum atomic E-state index is 14.2. The molecule has 2 aliphatic heterocycles. The molecule has 2 aromatic carbocycles. The van der Waals surface area contributed by atoms with Crippen LogP contribution in [0.2, 0.25) is 10.2 Å². The van der Waals surface area contributed by atoms with Crippen molar-refractivity contribution < 1.29 is 13.2 Å². The minimum absolute atomic E-state index is 0.146. The number of carbonyl (C=O) groups excluding carboxylic acids is 1. The van der Waals surface area contributed by atoms with Crippen LogP contribution in [0.15, 0.2) is 71.8 Å². The Labute approximate surface area is 239 Å². The number of rotatable bonds is 6. The number of amides is 2. The predicted molar refractivity (Wildman–Crippen MR) is 156 cm³/mol. The molecule has 0 bridgehead atoms. The van der Waals surface area contributed by atoms with E-state index < -0.39 is 9.84 Å². The number of nitrogens with zero attached hydrogens (tertiary/aromatic N) is 3. The van der Waals surface area contributed by atoms with Crippen molar-refractivity contribution in [1.82, 2.24) is 15.2 Å². The molecule has 5 rings (SSSR count). The first-order valence-electron chi connectivity index (χ1n) is 12.8. The Hall–Kier alpha value is -2.91. The van der Waals surface area contributed by atoms with E-state index in [4.69, 9.17) is 23.2 Å². The summed E-state index contributed by atoms with van der Waals surface area (Å²) in [7, 11) is -3.38. The Balaban J connectivity index is 1.48. The van der Waals surface area contributed by atoms with Crippen LogP contribution in [0.25, 0.3) is 6.08 Å². The van der Waals surface area contributed by atoms with Crippen molar-refractivity contribution in [3.05, 3.63) is 93.7 Å². The molecule has 1 N–H and O–H groups in total. The van der Waals surface area contributed by atoms with Crippen molar-refractivity contribution in [2.24, 2.45) is 0 Å². The van der Waals surface area contributed by atoms with E-state index in [0.29, 0.717) is 29.8 Å². The van der Waals surface area contributed by atoms with E-state index >= 15 is 0 Å². The lowest BCUT2D eigenvalue weighted by atomic mass is 9.75. The second kappa shape index (κ2) is 11.3. The van der Waals surface area contributed by atoms with Gasteiger partial charge in [-0.3, -0.25) is 4.90 Å². The molecule has 204 valence electrons. The van der Waals surface area contributed by atoms with E-state index in [2.05, 4.69) is 10.3 Å². The third-order valence-corrected chi connectivity index (χ3v) is 9.02. The van der Waals surface area contributed by atoms with Crippen LogP contribution in [0.4, 0.5) is 10.5 Å². The Morgan fingerprint density at radius 3 is 2.54 bits per heavy atom. The van der Waals surface area contributed by atoms with Gasteiger partial charge in [0.2, 0.25) is 0 Å². The third kappa shape index (κ3) is 6.14. The van der Waals surface area contributed by atoms with Crippen molar-refractivity contribution in [3.8, 4) is 0 Å². The second-order valence-electron chi connectivity index (χ2n) is 10.2. The van der Waals surface area contributed by atoms with Crippen LogP contribution in [0.5, 0.6) is 0 Å². The average molecular weight is 586 g/mol. The smallest absolute Gasteiger partial charge is 0.317 e. The number of urea groups is 1. The number of benzene rings is 2. The molecule has 1 aromatic heterocycles. The van der Waals surface area contributed by atoms with E-state index in [1.54, 1.807) is 35.4 Å². The van der Waals surface area contributed by atoms with Crippen LogP contribution >= 0.6 is 23.2 Å². The normalized spacial score (nSPS) is 16.5. The van der Waals surface area contributed by atoms with Crippen LogP contribution in [0.3, 0.4) is 0 Å². The molecule has 10 heteroatoms. The van der Waals surface area contributed by atoms with Gasteiger partial charge in [-0.15, -0.1) is 0 Å². The number of halogens is 2. The zero-order chi connectivity index (χ0) is 27.6. The molecule has 3 heterocycles. The number of hydrogen-bond donors (Lipinski definition) is 1. The van der Waals surface area contributed by atoms with Crippen LogP contribution in [-0.4, -0.2) is 56.8 Å². The van der Waals surface area contributed by atoms with Crippen LogP contribution in [0.1, 0.15) is 29.5 Å². The van der Waals surface area contributed by atoms with Crippen LogP contribution < -0.4 is 10.2 Å². The first-order chi connectivity index (χ1) is 18.6. The number of carbonyl (C=O) groups is 1. The molecule has 0 saturated carbocycles. The summed E-state index contributed by atoms with van der Waals surface area (Å²) in [5.41, 5.74) is 3.26. The van der Waals surface area contributed by atoms with Gasteiger partial charge in [-0.2, -0.15) is 0 Å². The van der Waals surface area contributed by atoms with Crippen molar-refractivity contribution >= 4 is 50.8 Å². The highest BCUT2D eigenvalue weighted by molar-refractivity contribution is 7.90. The highest BCUT2D eigenvalue weighted by Crippen LogP contribution is 2.47. The minimum Gasteiger partial charge on any atom is -0.317 e. The third-order valence-electron chi connectivity index (χ3n) is 7.45. The van der Waals surface area contributed by atoms with Crippen molar-refractivity contribution in [2.45, 2.75) is 29.7 Å². The summed E-state index contributed by atoms with van der Waals surface area (Å²) >= 11 is 12.2. The number of anilines is 1. The Morgan fingerprint density at radius 1 is 1.10 bits per heavy atom. The molecule has 0 radical (unpaired) electrons. The van der Waals surface area contributed by atoms with Gasteiger partial charge in [0, 0.05) is 48.2 Å². The van der Waals surface area contributed by atoms with Gasteiger partial charge >= 0.3 is 6.03 Å². The van der Waals surface area contributed by atoms with Gasteiger partial charge in [0.25, 0.3) is 0 Å². The molecule has 3 aromatic rings. The minimum atomic E-state index is -3.38. The molecular formula is C29H30Cl2N4O3S. The lowest BCUT2D eigenvalue weighted by Gasteiger charge is -2.35. The van der Waals surface area contributed by atoms with E-state index in [1.165, 1.54) is 6.26 Å². The Morgan fingerprint density at radius 2 is 1.85 bits per heavy atom.